The van der Waals surface area contributed by atoms with Gasteiger partial charge in [-0.05, 0) is 54.6 Å². The van der Waals surface area contributed by atoms with Crippen molar-refractivity contribution in [1.29, 1.82) is 0 Å². The van der Waals surface area contributed by atoms with Crippen LogP contribution in [0.2, 0.25) is 0 Å². The summed E-state index contributed by atoms with van der Waals surface area (Å²) in [5, 5.41) is 2.62. The quantitative estimate of drug-likeness (QED) is 0.345. The largest absolute Gasteiger partial charge is 0.417 e. The molecule has 0 spiro atoms. The van der Waals surface area contributed by atoms with Crippen molar-refractivity contribution in [3.05, 3.63) is 82.3 Å². The number of benzene rings is 3. The van der Waals surface area contributed by atoms with Crippen molar-refractivity contribution in [2.75, 3.05) is 17.9 Å². The van der Waals surface area contributed by atoms with Crippen LogP contribution >= 0.6 is 27.7 Å². The van der Waals surface area contributed by atoms with Crippen molar-refractivity contribution in [3.8, 4) is 0 Å². The maximum absolute atomic E-state index is 13.0. The predicted molar refractivity (Wildman–Crippen MR) is 117 cm³/mol. The standard InChI is InChI=1S/C21H17BrF3N3OS/c1-26-20(29)16-4-2-3-5-19(16)30-15-9-6-13(7-10-15)27-28-14-8-11-18(22)17(12-14)21(23,24)25/h2-12,27-28H,1H3,(H,26,29). The van der Waals surface area contributed by atoms with Gasteiger partial charge in [0, 0.05) is 21.3 Å². The number of nitrogens with one attached hydrogen (secondary N) is 3. The van der Waals surface area contributed by atoms with Gasteiger partial charge in [-0.1, -0.05) is 39.8 Å². The lowest BCUT2D eigenvalue weighted by Gasteiger charge is -2.14. The van der Waals surface area contributed by atoms with Crippen molar-refractivity contribution < 1.29 is 18.0 Å². The van der Waals surface area contributed by atoms with E-state index in [0.29, 0.717) is 11.3 Å². The Morgan fingerprint density at radius 3 is 2.23 bits per heavy atom. The van der Waals surface area contributed by atoms with Crippen molar-refractivity contribution in [3.63, 3.8) is 0 Å². The monoisotopic (exact) mass is 495 g/mol. The maximum Gasteiger partial charge on any atom is 0.417 e. The van der Waals surface area contributed by atoms with Gasteiger partial charge in [-0.15, -0.1) is 0 Å². The number of rotatable bonds is 6. The van der Waals surface area contributed by atoms with E-state index < -0.39 is 11.7 Å². The first-order valence-corrected chi connectivity index (χ1v) is 10.4. The van der Waals surface area contributed by atoms with Gasteiger partial charge in [-0.25, -0.2) is 0 Å². The Bertz CT molecular complexity index is 1040. The van der Waals surface area contributed by atoms with Gasteiger partial charge >= 0.3 is 6.18 Å². The minimum atomic E-state index is -4.44. The number of halogens is 4. The van der Waals surface area contributed by atoms with Crippen LogP contribution in [-0.2, 0) is 6.18 Å². The molecule has 0 aromatic heterocycles. The number of alkyl halides is 3. The first-order valence-electron chi connectivity index (χ1n) is 8.76. The van der Waals surface area contributed by atoms with Gasteiger partial charge in [-0.3, -0.25) is 4.79 Å². The second kappa shape index (κ2) is 9.44. The third-order valence-corrected chi connectivity index (χ3v) is 5.84. The van der Waals surface area contributed by atoms with E-state index in [9.17, 15) is 18.0 Å². The third kappa shape index (κ3) is 5.48. The number of hydrogen-bond acceptors (Lipinski definition) is 4. The zero-order valence-corrected chi connectivity index (χ0v) is 18.1. The second-order valence-electron chi connectivity index (χ2n) is 6.14. The second-order valence-corrected chi connectivity index (χ2v) is 8.11. The third-order valence-electron chi connectivity index (χ3n) is 4.06. The first kappa shape index (κ1) is 22.0. The van der Waals surface area contributed by atoms with Crippen LogP contribution in [0.3, 0.4) is 0 Å². The average Bonchev–Trinajstić information content (AvgIpc) is 2.73. The van der Waals surface area contributed by atoms with E-state index in [0.717, 1.165) is 15.9 Å². The van der Waals surface area contributed by atoms with Crippen LogP contribution in [0.15, 0.2) is 81.0 Å². The molecular weight excluding hydrogens is 479 g/mol. The van der Waals surface area contributed by atoms with Gasteiger partial charge in [0.1, 0.15) is 0 Å². The van der Waals surface area contributed by atoms with E-state index >= 15 is 0 Å². The van der Waals surface area contributed by atoms with Crippen LogP contribution in [0.5, 0.6) is 0 Å². The lowest BCUT2D eigenvalue weighted by atomic mass is 10.2. The maximum atomic E-state index is 13.0. The summed E-state index contributed by atoms with van der Waals surface area (Å²) >= 11 is 4.37. The van der Waals surface area contributed by atoms with Crippen molar-refractivity contribution in [2.24, 2.45) is 0 Å². The van der Waals surface area contributed by atoms with Crippen molar-refractivity contribution >= 4 is 45.0 Å². The Morgan fingerprint density at radius 1 is 0.933 bits per heavy atom. The summed E-state index contributed by atoms with van der Waals surface area (Å²) in [4.78, 5) is 13.7. The smallest absolute Gasteiger partial charge is 0.355 e. The van der Waals surface area contributed by atoms with E-state index in [1.54, 1.807) is 31.3 Å². The van der Waals surface area contributed by atoms with E-state index in [1.165, 1.54) is 23.9 Å². The molecule has 0 saturated heterocycles. The molecule has 0 radical (unpaired) electrons. The summed E-state index contributed by atoms with van der Waals surface area (Å²) in [6.45, 7) is 0. The van der Waals surface area contributed by atoms with E-state index in [1.807, 2.05) is 24.3 Å². The molecule has 156 valence electrons. The lowest BCUT2D eigenvalue weighted by molar-refractivity contribution is -0.138. The molecule has 0 heterocycles. The van der Waals surface area contributed by atoms with Gasteiger partial charge in [-0.2, -0.15) is 13.2 Å². The van der Waals surface area contributed by atoms with Gasteiger partial charge in [0.15, 0.2) is 0 Å². The molecule has 30 heavy (non-hydrogen) atoms. The Kier molecular flexibility index (Phi) is 6.94. The molecule has 0 bridgehead atoms. The summed E-state index contributed by atoms with van der Waals surface area (Å²) in [5.41, 5.74) is 6.44. The fourth-order valence-corrected chi connectivity index (χ4v) is 3.99. The van der Waals surface area contributed by atoms with Crippen LogP contribution in [0, 0.1) is 0 Å². The average molecular weight is 496 g/mol. The van der Waals surface area contributed by atoms with E-state index in [2.05, 4.69) is 32.1 Å². The zero-order chi connectivity index (χ0) is 21.7. The number of anilines is 2. The molecule has 4 nitrogen and oxygen atoms in total. The molecule has 1 amide bonds. The highest BCUT2D eigenvalue weighted by atomic mass is 79.9. The summed E-state index contributed by atoms with van der Waals surface area (Å²) in [7, 11) is 1.58. The highest BCUT2D eigenvalue weighted by Crippen LogP contribution is 2.36. The van der Waals surface area contributed by atoms with Crippen LogP contribution in [0.1, 0.15) is 15.9 Å². The van der Waals surface area contributed by atoms with Gasteiger partial charge in [0.05, 0.1) is 22.5 Å². The number of hydrazine groups is 1. The highest BCUT2D eigenvalue weighted by molar-refractivity contribution is 9.10. The zero-order valence-electron chi connectivity index (χ0n) is 15.7. The summed E-state index contributed by atoms with van der Waals surface area (Å²) in [5.74, 6) is -0.159. The van der Waals surface area contributed by atoms with E-state index in [4.69, 9.17) is 0 Å². The topological polar surface area (TPSA) is 53.2 Å². The normalized spacial score (nSPS) is 11.1. The summed E-state index contributed by atoms with van der Waals surface area (Å²) < 4.78 is 39.0. The molecule has 0 aliphatic rings. The highest BCUT2D eigenvalue weighted by Gasteiger charge is 2.33. The molecule has 9 heteroatoms. The predicted octanol–water partition coefficient (Wildman–Crippen LogP) is 6.42. The molecule has 3 N–H and O–H groups in total. The molecule has 0 saturated carbocycles. The SMILES string of the molecule is CNC(=O)c1ccccc1Sc1ccc(NNc2ccc(Br)c(C(F)(F)F)c2)cc1. The Hall–Kier alpha value is -2.65. The minimum absolute atomic E-state index is 0.0148. The minimum Gasteiger partial charge on any atom is -0.355 e. The van der Waals surface area contributed by atoms with Crippen LogP contribution in [0.25, 0.3) is 0 Å². The lowest BCUT2D eigenvalue weighted by Crippen LogP contribution is -2.18. The van der Waals surface area contributed by atoms with Crippen LogP contribution < -0.4 is 16.2 Å². The van der Waals surface area contributed by atoms with Crippen molar-refractivity contribution in [1.82, 2.24) is 5.32 Å². The summed E-state index contributed by atoms with van der Waals surface area (Å²) in [6, 6.07) is 18.5. The van der Waals surface area contributed by atoms with Gasteiger partial charge in [0.2, 0.25) is 0 Å². The van der Waals surface area contributed by atoms with Gasteiger partial charge < -0.3 is 16.2 Å². The Labute approximate surface area is 184 Å². The molecule has 0 fully saturated rings. The van der Waals surface area contributed by atoms with Crippen LogP contribution in [-0.4, -0.2) is 13.0 Å². The first-order chi connectivity index (χ1) is 14.3. The number of carbonyl (C=O) groups is 1. The number of carbonyl (C=O) groups excluding carboxylic acids is 1. The molecular formula is C21H17BrF3N3OS. The van der Waals surface area contributed by atoms with Crippen molar-refractivity contribution in [2.45, 2.75) is 16.0 Å². The molecule has 0 unspecified atom stereocenters. The molecule has 0 aliphatic carbocycles. The molecule has 0 aliphatic heterocycles. The molecule has 3 aromatic rings. The molecule has 3 rings (SSSR count). The molecule has 3 aromatic carbocycles. The number of hydrogen-bond donors (Lipinski definition) is 3. The Morgan fingerprint density at radius 2 is 1.57 bits per heavy atom. The summed E-state index contributed by atoms with van der Waals surface area (Å²) in [6.07, 6.45) is -4.44. The molecule has 0 atom stereocenters. The van der Waals surface area contributed by atoms with Gasteiger partial charge in [0.25, 0.3) is 5.91 Å². The Balaban J connectivity index is 1.67. The number of amides is 1. The van der Waals surface area contributed by atoms with E-state index in [-0.39, 0.29) is 16.1 Å². The fraction of sp³-hybridized carbons (Fsp3) is 0.0952. The fourth-order valence-electron chi connectivity index (χ4n) is 2.58. The van der Waals surface area contributed by atoms with Crippen LogP contribution in [0.4, 0.5) is 24.5 Å².